The summed E-state index contributed by atoms with van der Waals surface area (Å²) in [6.45, 7) is 0. The minimum atomic E-state index is 0.843. The Morgan fingerprint density at radius 1 is 1.15 bits per heavy atom. The van der Waals surface area contributed by atoms with Gasteiger partial charge in [-0.3, -0.25) is 0 Å². The van der Waals surface area contributed by atoms with Crippen LogP contribution in [0.15, 0.2) is 42.6 Å². The van der Waals surface area contributed by atoms with E-state index in [2.05, 4.69) is 5.32 Å². The van der Waals surface area contributed by atoms with Crippen LogP contribution in [-0.4, -0.2) is 0 Å². The van der Waals surface area contributed by atoms with Crippen molar-refractivity contribution >= 4 is 22.0 Å². The molecular formula is C10H10N2S. The van der Waals surface area contributed by atoms with E-state index < -0.39 is 0 Å². The summed E-state index contributed by atoms with van der Waals surface area (Å²) in [7, 11) is 0. The largest absolute Gasteiger partial charge is 0.391 e. The van der Waals surface area contributed by atoms with E-state index in [1.807, 2.05) is 42.6 Å². The van der Waals surface area contributed by atoms with Crippen LogP contribution in [0.4, 0.5) is 5.00 Å². The summed E-state index contributed by atoms with van der Waals surface area (Å²) < 4.78 is 0. The summed E-state index contributed by atoms with van der Waals surface area (Å²) in [5, 5.41) is 4.03. The molecule has 0 aromatic carbocycles. The van der Waals surface area contributed by atoms with Crippen LogP contribution < -0.4 is 11.1 Å². The maximum absolute atomic E-state index is 5.65. The van der Waals surface area contributed by atoms with Crippen LogP contribution in [0.3, 0.4) is 0 Å². The van der Waals surface area contributed by atoms with Crippen LogP contribution in [0.2, 0.25) is 0 Å². The van der Waals surface area contributed by atoms with Gasteiger partial charge in [0.25, 0.3) is 0 Å². The lowest BCUT2D eigenvalue weighted by Crippen LogP contribution is -2.00. The number of allylic oxidation sites excluding steroid dienone is 4. The maximum Gasteiger partial charge on any atom is 0.0863 e. The summed E-state index contributed by atoms with van der Waals surface area (Å²) in [5.41, 5.74) is 6.74. The molecule has 0 radical (unpaired) electrons. The van der Waals surface area contributed by atoms with Crippen LogP contribution in [0.25, 0.3) is 5.70 Å². The van der Waals surface area contributed by atoms with Gasteiger partial charge in [0, 0.05) is 6.20 Å². The van der Waals surface area contributed by atoms with Crippen molar-refractivity contribution in [1.82, 2.24) is 5.32 Å². The number of thiophene rings is 1. The topological polar surface area (TPSA) is 38.0 Å². The molecule has 0 unspecified atom stereocenters. The predicted molar refractivity (Wildman–Crippen MR) is 58.1 cm³/mol. The molecule has 2 nitrogen and oxygen atoms in total. The lowest BCUT2D eigenvalue weighted by Gasteiger charge is -2.01. The van der Waals surface area contributed by atoms with Crippen LogP contribution in [0.5, 0.6) is 0 Å². The van der Waals surface area contributed by atoms with Gasteiger partial charge in [0.1, 0.15) is 0 Å². The molecule has 1 aromatic heterocycles. The SMILES string of the molecule is Nc1ccc(C2=CC=CC=CN2)s1. The molecule has 0 atom stereocenters. The van der Waals surface area contributed by atoms with Crippen molar-refractivity contribution in [2.24, 2.45) is 0 Å². The molecule has 0 amide bonds. The summed E-state index contributed by atoms with van der Waals surface area (Å²) in [5.74, 6) is 0. The molecule has 3 heteroatoms. The number of hydrogen-bond acceptors (Lipinski definition) is 3. The van der Waals surface area contributed by atoms with Gasteiger partial charge in [-0.1, -0.05) is 12.2 Å². The lowest BCUT2D eigenvalue weighted by atomic mass is 10.3. The number of anilines is 1. The van der Waals surface area contributed by atoms with E-state index in [0.717, 1.165) is 15.6 Å². The lowest BCUT2D eigenvalue weighted by molar-refractivity contribution is 1.23. The first-order valence-corrected chi connectivity index (χ1v) is 4.83. The van der Waals surface area contributed by atoms with Gasteiger partial charge in [-0.05, 0) is 24.3 Å². The van der Waals surface area contributed by atoms with Crippen LogP contribution in [0, 0.1) is 0 Å². The molecule has 13 heavy (non-hydrogen) atoms. The van der Waals surface area contributed by atoms with E-state index in [1.165, 1.54) is 0 Å². The minimum absolute atomic E-state index is 0.843. The molecule has 0 saturated heterocycles. The van der Waals surface area contributed by atoms with Crippen LogP contribution in [-0.2, 0) is 0 Å². The molecule has 1 aliphatic heterocycles. The monoisotopic (exact) mass is 190 g/mol. The van der Waals surface area contributed by atoms with Crippen LogP contribution in [0.1, 0.15) is 4.88 Å². The Labute approximate surface area is 81.1 Å². The fraction of sp³-hybridized carbons (Fsp3) is 0. The fourth-order valence-corrected chi connectivity index (χ4v) is 1.87. The third kappa shape index (κ3) is 1.81. The molecule has 3 N–H and O–H groups in total. The quantitative estimate of drug-likeness (QED) is 0.713. The maximum atomic E-state index is 5.65. The normalized spacial score (nSPS) is 14.9. The van der Waals surface area contributed by atoms with Crippen LogP contribution >= 0.6 is 11.3 Å². The van der Waals surface area contributed by atoms with Gasteiger partial charge in [0.2, 0.25) is 0 Å². The molecule has 0 bridgehead atoms. The Bertz CT molecular complexity index is 385. The Balaban J connectivity index is 2.31. The van der Waals surface area contributed by atoms with Gasteiger partial charge in [0.05, 0.1) is 15.6 Å². The number of nitrogen functional groups attached to an aromatic ring is 1. The van der Waals surface area contributed by atoms with Gasteiger partial charge >= 0.3 is 0 Å². The van der Waals surface area contributed by atoms with Gasteiger partial charge in [-0.2, -0.15) is 0 Å². The first-order chi connectivity index (χ1) is 6.36. The van der Waals surface area contributed by atoms with E-state index in [9.17, 15) is 0 Å². The summed E-state index contributed by atoms with van der Waals surface area (Å²) in [4.78, 5) is 1.16. The van der Waals surface area contributed by atoms with Gasteiger partial charge in [0.15, 0.2) is 0 Å². The van der Waals surface area contributed by atoms with Crippen molar-refractivity contribution in [3.05, 3.63) is 47.5 Å². The fourth-order valence-electron chi connectivity index (χ4n) is 1.11. The molecule has 2 rings (SSSR count). The molecule has 2 heterocycles. The molecule has 1 aromatic rings. The average Bonchev–Trinajstić information content (AvgIpc) is 2.43. The molecular weight excluding hydrogens is 180 g/mol. The third-order valence-corrected chi connectivity index (χ3v) is 2.66. The highest BCUT2D eigenvalue weighted by Crippen LogP contribution is 2.24. The number of hydrogen-bond donors (Lipinski definition) is 2. The van der Waals surface area contributed by atoms with Gasteiger partial charge in [-0.25, -0.2) is 0 Å². The average molecular weight is 190 g/mol. The summed E-state index contributed by atoms with van der Waals surface area (Å²) in [6.07, 6.45) is 9.88. The van der Waals surface area contributed by atoms with E-state index in [0.29, 0.717) is 0 Å². The molecule has 0 spiro atoms. The standard InChI is InChI=1S/C10H10N2S/c11-10-6-5-9(13-10)8-4-2-1-3-7-12-8/h1-7,12H,11H2. The molecule has 1 aliphatic rings. The summed E-state index contributed by atoms with van der Waals surface area (Å²) >= 11 is 1.58. The van der Waals surface area contributed by atoms with Gasteiger partial charge in [-0.15, -0.1) is 11.3 Å². The highest BCUT2D eigenvalue weighted by Gasteiger charge is 2.02. The Hall–Kier alpha value is -1.48. The zero-order valence-corrected chi connectivity index (χ0v) is 7.84. The van der Waals surface area contributed by atoms with E-state index in [-0.39, 0.29) is 0 Å². The summed E-state index contributed by atoms with van der Waals surface area (Å²) in [6, 6.07) is 3.94. The number of rotatable bonds is 1. The Morgan fingerprint density at radius 2 is 2.08 bits per heavy atom. The third-order valence-electron chi connectivity index (χ3n) is 1.71. The van der Waals surface area contributed by atoms with Crippen molar-refractivity contribution < 1.29 is 0 Å². The van der Waals surface area contributed by atoms with Crippen molar-refractivity contribution in [3.63, 3.8) is 0 Å². The Kier molecular flexibility index (Phi) is 2.19. The zero-order chi connectivity index (χ0) is 9.10. The van der Waals surface area contributed by atoms with Crippen molar-refractivity contribution in [3.8, 4) is 0 Å². The first-order valence-electron chi connectivity index (χ1n) is 4.02. The number of nitrogens with one attached hydrogen (secondary N) is 1. The first kappa shape index (κ1) is 8.13. The van der Waals surface area contributed by atoms with E-state index >= 15 is 0 Å². The number of nitrogens with two attached hydrogens (primary N) is 1. The second-order valence-corrected chi connectivity index (χ2v) is 3.79. The second kappa shape index (κ2) is 3.49. The Morgan fingerprint density at radius 3 is 2.85 bits per heavy atom. The van der Waals surface area contributed by atoms with E-state index in [1.54, 1.807) is 11.3 Å². The molecule has 0 fully saturated rings. The van der Waals surface area contributed by atoms with Crippen molar-refractivity contribution in [2.75, 3.05) is 5.73 Å². The highest BCUT2D eigenvalue weighted by molar-refractivity contribution is 7.16. The van der Waals surface area contributed by atoms with Gasteiger partial charge < -0.3 is 11.1 Å². The minimum Gasteiger partial charge on any atom is -0.391 e. The van der Waals surface area contributed by atoms with Crippen molar-refractivity contribution in [2.45, 2.75) is 0 Å². The predicted octanol–water partition coefficient (Wildman–Crippen LogP) is 2.34. The smallest absolute Gasteiger partial charge is 0.0863 e. The van der Waals surface area contributed by atoms with E-state index in [4.69, 9.17) is 5.73 Å². The molecule has 0 saturated carbocycles. The molecule has 66 valence electrons. The second-order valence-electron chi connectivity index (χ2n) is 2.67. The molecule has 0 aliphatic carbocycles. The highest BCUT2D eigenvalue weighted by atomic mass is 32.1. The van der Waals surface area contributed by atoms with Crippen molar-refractivity contribution in [1.29, 1.82) is 0 Å². The zero-order valence-electron chi connectivity index (χ0n) is 7.03.